The van der Waals surface area contributed by atoms with Gasteiger partial charge in [-0.15, -0.1) is 0 Å². The number of carboxylic acids is 2. The summed E-state index contributed by atoms with van der Waals surface area (Å²) < 4.78 is 40.0. The number of carboxylic acid groups (broad SMARTS) is 2. The molecule has 0 bridgehead atoms. The second-order valence-electron chi connectivity index (χ2n) is 4.65. The van der Waals surface area contributed by atoms with Gasteiger partial charge in [0.15, 0.2) is 0 Å². The molecule has 9 heteroatoms. The van der Waals surface area contributed by atoms with E-state index >= 15 is 0 Å². The van der Waals surface area contributed by atoms with Crippen LogP contribution in [0.4, 0.5) is 13.2 Å². The highest BCUT2D eigenvalue weighted by atomic mass is 19.4. The first-order valence-electron chi connectivity index (χ1n) is 6.03. The molecule has 0 aromatic rings. The van der Waals surface area contributed by atoms with Crippen molar-refractivity contribution in [1.29, 1.82) is 0 Å². The van der Waals surface area contributed by atoms with Crippen molar-refractivity contribution in [3.05, 3.63) is 0 Å². The second kappa shape index (κ2) is 6.89. The predicted molar refractivity (Wildman–Crippen MR) is 60.2 cm³/mol. The highest BCUT2D eigenvalue weighted by Crippen LogP contribution is 2.24. The summed E-state index contributed by atoms with van der Waals surface area (Å²) in [7, 11) is 0. The van der Waals surface area contributed by atoms with Gasteiger partial charge in [0, 0.05) is 13.1 Å². The van der Waals surface area contributed by atoms with Crippen LogP contribution in [0, 0.1) is 11.8 Å². The van der Waals surface area contributed by atoms with E-state index in [2.05, 4.69) is 4.74 Å². The average Bonchev–Trinajstić information content (AvgIpc) is 2.33. The molecule has 0 amide bonds. The number of hydrogen-bond donors (Lipinski definition) is 2. The summed E-state index contributed by atoms with van der Waals surface area (Å²) in [5.41, 5.74) is 0. The molecule has 1 fully saturated rings. The minimum Gasteiger partial charge on any atom is -0.481 e. The molecule has 2 atom stereocenters. The van der Waals surface area contributed by atoms with Gasteiger partial charge in [0.2, 0.25) is 0 Å². The lowest BCUT2D eigenvalue weighted by molar-refractivity contribution is -0.175. The number of hydrogen-bond acceptors (Lipinski definition) is 4. The van der Waals surface area contributed by atoms with E-state index < -0.39 is 36.6 Å². The molecule has 1 aliphatic rings. The third-order valence-corrected chi connectivity index (χ3v) is 3.15. The Morgan fingerprint density at radius 3 is 2.30 bits per heavy atom. The van der Waals surface area contributed by atoms with Gasteiger partial charge in [0.1, 0.15) is 6.61 Å². The molecule has 20 heavy (non-hydrogen) atoms. The Labute approximate surface area is 113 Å². The molecule has 2 N–H and O–H groups in total. The minimum absolute atomic E-state index is 0.00166. The summed E-state index contributed by atoms with van der Waals surface area (Å²) in [6, 6.07) is 0. The maximum Gasteiger partial charge on any atom is 0.411 e. The Bertz CT molecular complexity index is 360. The number of halogens is 3. The van der Waals surface area contributed by atoms with Gasteiger partial charge in [0.05, 0.1) is 18.4 Å². The number of carbonyl (C=O) groups is 2. The number of piperidine rings is 1. The van der Waals surface area contributed by atoms with Crippen molar-refractivity contribution in [1.82, 2.24) is 4.90 Å². The molecule has 1 heterocycles. The summed E-state index contributed by atoms with van der Waals surface area (Å²) in [6.45, 7) is -1.05. The average molecular weight is 299 g/mol. The third-order valence-electron chi connectivity index (χ3n) is 3.15. The number of ether oxygens (including phenoxy) is 1. The lowest BCUT2D eigenvalue weighted by Crippen LogP contribution is -2.47. The van der Waals surface area contributed by atoms with Crippen molar-refractivity contribution in [3.8, 4) is 0 Å². The maximum absolute atomic E-state index is 11.8. The Kier molecular flexibility index (Phi) is 5.75. The molecule has 6 nitrogen and oxygen atoms in total. The SMILES string of the molecule is O=C(O)C1CCN(CCOCC(F)(F)F)CC1C(=O)O. The lowest BCUT2D eigenvalue weighted by atomic mass is 9.85. The van der Waals surface area contributed by atoms with Crippen LogP contribution < -0.4 is 0 Å². The fourth-order valence-electron chi connectivity index (χ4n) is 2.15. The van der Waals surface area contributed by atoms with E-state index in [9.17, 15) is 22.8 Å². The van der Waals surface area contributed by atoms with Crippen LogP contribution in [0.1, 0.15) is 6.42 Å². The second-order valence-corrected chi connectivity index (χ2v) is 4.65. The van der Waals surface area contributed by atoms with E-state index in [1.54, 1.807) is 4.90 Å². The van der Waals surface area contributed by atoms with E-state index in [0.717, 1.165) is 0 Å². The molecule has 116 valence electrons. The van der Waals surface area contributed by atoms with Gasteiger partial charge in [-0.25, -0.2) is 0 Å². The summed E-state index contributed by atoms with van der Waals surface area (Å²) in [4.78, 5) is 23.5. The number of alkyl halides is 3. The van der Waals surface area contributed by atoms with Crippen LogP contribution >= 0.6 is 0 Å². The zero-order valence-corrected chi connectivity index (χ0v) is 10.6. The molecule has 1 saturated heterocycles. The molecule has 0 aliphatic carbocycles. The van der Waals surface area contributed by atoms with Crippen LogP contribution in [-0.2, 0) is 14.3 Å². The highest BCUT2D eigenvalue weighted by molar-refractivity contribution is 5.80. The summed E-state index contributed by atoms with van der Waals surface area (Å²) >= 11 is 0. The molecule has 0 aromatic heterocycles. The van der Waals surface area contributed by atoms with Crippen molar-refractivity contribution in [2.75, 3.05) is 32.8 Å². The van der Waals surface area contributed by atoms with E-state index in [1.807, 2.05) is 0 Å². The minimum atomic E-state index is -4.39. The van der Waals surface area contributed by atoms with E-state index in [1.165, 1.54) is 0 Å². The van der Waals surface area contributed by atoms with Gasteiger partial charge in [-0.05, 0) is 13.0 Å². The molecular formula is C11H16F3NO5. The highest BCUT2D eigenvalue weighted by Gasteiger charge is 2.38. The van der Waals surface area contributed by atoms with Crippen LogP contribution in [0.15, 0.2) is 0 Å². The first-order valence-corrected chi connectivity index (χ1v) is 6.03. The van der Waals surface area contributed by atoms with E-state index in [0.29, 0.717) is 6.54 Å². The maximum atomic E-state index is 11.8. The first-order chi connectivity index (χ1) is 9.20. The largest absolute Gasteiger partial charge is 0.481 e. The predicted octanol–water partition coefficient (Wildman–Crippen LogP) is 0.673. The Morgan fingerprint density at radius 1 is 1.20 bits per heavy atom. The lowest BCUT2D eigenvalue weighted by Gasteiger charge is -2.34. The Morgan fingerprint density at radius 2 is 1.80 bits per heavy atom. The third kappa shape index (κ3) is 5.33. The zero-order chi connectivity index (χ0) is 15.3. The summed E-state index contributed by atoms with van der Waals surface area (Å²) in [6.07, 6.45) is -4.23. The zero-order valence-electron chi connectivity index (χ0n) is 10.6. The van der Waals surface area contributed by atoms with Crippen LogP contribution in [0.2, 0.25) is 0 Å². The summed E-state index contributed by atoms with van der Waals surface area (Å²) in [5.74, 6) is -4.38. The molecule has 1 aliphatic heterocycles. The smallest absolute Gasteiger partial charge is 0.411 e. The normalized spacial score (nSPS) is 24.6. The fourth-order valence-corrected chi connectivity index (χ4v) is 2.15. The summed E-state index contributed by atoms with van der Waals surface area (Å²) in [5, 5.41) is 17.9. The van der Waals surface area contributed by atoms with E-state index in [-0.39, 0.29) is 26.1 Å². The molecule has 0 aromatic carbocycles. The standard InChI is InChI=1S/C11H16F3NO5/c12-11(13,14)6-20-4-3-15-2-1-7(9(16)17)8(5-15)10(18)19/h7-8H,1-6H2,(H,16,17)(H,18,19). The van der Waals surface area contributed by atoms with Crippen LogP contribution in [0.3, 0.4) is 0 Å². The molecule has 0 radical (unpaired) electrons. The van der Waals surface area contributed by atoms with Gasteiger partial charge >= 0.3 is 18.1 Å². The van der Waals surface area contributed by atoms with Crippen LogP contribution in [-0.4, -0.2) is 66.1 Å². The van der Waals surface area contributed by atoms with Gasteiger partial charge < -0.3 is 19.8 Å². The van der Waals surface area contributed by atoms with Crippen molar-refractivity contribution >= 4 is 11.9 Å². The molecule has 0 spiro atoms. The van der Waals surface area contributed by atoms with Gasteiger partial charge in [-0.1, -0.05) is 0 Å². The van der Waals surface area contributed by atoms with Gasteiger partial charge in [-0.3, -0.25) is 9.59 Å². The number of rotatable bonds is 6. The molecule has 1 rings (SSSR count). The van der Waals surface area contributed by atoms with Crippen molar-refractivity contribution < 1.29 is 37.7 Å². The quantitative estimate of drug-likeness (QED) is 0.701. The molecule has 0 saturated carbocycles. The first kappa shape index (κ1) is 16.7. The van der Waals surface area contributed by atoms with E-state index in [4.69, 9.17) is 10.2 Å². The Hall–Kier alpha value is -1.35. The van der Waals surface area contributed by atoms with Crippen molar-refractivity contribution in [2.24, 2.45) is 11.8 Å². The van der Waals surface area contributed by atoms with Crippen LogP contribution in [0.25, 0.3) is 0 Å². The molecule has 2 unspecified atom stereocenters. The number of likely N-dealkylation sites (tertiary alicyclic amines) is 1. The Balaban J connectivity index is 2.39. The monoisotopic (exact) mass is 299 g/mol. The topological polar surface area (TPSA) is 87.1 Å². The number of nitrogens with zero attached hydrogens (tertiary/aromatic N) is 1. The van der Waals surface area contributed by atoms with Crippen LogP contribution in [0.5, 0.6) is 0 Å². The van der Waals surface area contributed by atoms with Gasteiger partial charge in [0.25, 0.3) is 0 Å². The van der Waals surface area contributed by atoms with Crippen molar-refractivity contribution in [3.63, 3.8) is 0 Å². The van der Waals surface area contributed by atoms with Crippen molar-refractivity contribution in [2.45, 2.75) is 12.6 Å². The number of aliphatic carboxylic acids is 2. The molecular weight excluding hydrogens is 283 g/mol. The van der Waals surface area contributed by atoms with Gasteiger partial charge in [-0.2, -0.15) is 13.2 Å². The fraction of sp³-hybridized carbons (Fsp3) is 0.818.